The van der Waals surface area contributed by atoms with Crippen molar-refractivity contribution >= 4 is 65.2 Å². The molecule has 0 amide bonds. The van der Waals surface area contributed by atoms with Crippen molar-refractivity contribution < 1.29 is 0 Å². The van der Waals surface area contributed by atoms with Gasteiger partial charge in [0.2, 0.25) is 0 Å². The van der Waals surface area contributed by atoms with Gasteiger partial charge in [0.15, 0.2) is 0 Å². The Labute approximate surface area is 234 Å². The third-order valence-corrected chi connectivity index (χ3v) is 8.88. The van der Waals surface area contributed by atoms with E-state index >= 15 is 0 Å². The molecule has 188 valence electrons. The maximum atomic E-state index is 5.19. The molecule has 3 heteroatoms. The van der Waals surface area contributed by atoms with Crippen LogP contribution in [0.2, 0.25) is 0 Å². The summed E-state index contributed by atoms with van der Waals surface area (Å²) in [6.07, 6.45) is 0. The predicted octanol–water partition coefficient (Wildman–Crippen LogP) is 9.83. The smallest absolute Gasteiger partial charge is 0.138 e. The molecule has 1 aliphatic rings. The third-order valence-electron chi connectivity index (χ3n) is 8.88. The van der Waals surface area contributed by atoms with Crippen molar-refractivity contribution in [3.63, 3.8) is 0 Å². The normalized spacial score (nSPS) is 12.4. The van der Waals surface area contributed by atoms with Gasteiger partial charge in [-0.05, 0) is 74.5 Å². The summed E-state index contributed by atoms with van der Waals surface area (Å²) in [5.74, 6) is 0.906. The van der Waals surface area contributed by atoms with Crippen LogP contribution in [0.15, 0.2) is 127 Å². The first-order chi connectivity index (χ1) is 20.3. The molecule has 0 spiro atoms. The van der Waals surface area contributed by atoms with Gasteiger partial charge in [0.05, 0.1) is 27.8 Å². The van der Waals surface area contributed by atoms with E-state index in [-0.39, 0.29) is 0 Å². The molecule has 0 fully saturated rings. The molecule has 0 saturated carbocycles. The Bertz CT molecular complexity index is 2580. The maximum Gasteiger partial charge on any atom is 0.138 e. The first-order valence-electron chi connectivity index (χ1n) is 14.0. The molecular formula is C38H21N3. The molecule has 0 N–H and O–H groups in total. The third kappa shape index (κ3) is 2.72. The van der Waals surface area contributed by atoms with Crippen LogP contribution in [0.1, 0.15) is 0 Å². The number of rotatable bonds is 2. The van der Waals surface area contributed by atoms with Gasteiger partial charge in [-0.15, -0.1) is 0 Å². The standard InChI is InChI=1S/C38H21N3/c1-2-6-22(7-3-1)28-16-17-30-29(39-28)18-21-33(40-30)41-31-19-14-24-9-5-11-27-26-10-4-8-23-12-13-25-15-20-32(41)38(36(25)34(23)26)37(31)35(24)27/h1-21H. The lowest BCUT2D eigenvalue weighted by molar-refractivity contribution is 1.10. The highest BCUT2D eigenvalue weighted by Gasteiger charge is 2.24. The monoisotopic (exact) mass is 519 g/mol. The minimum atomic E-state index is 0.888. The van der Waals surface area contributed by atoms with Gasteiger partial charge in [-0.3, -0.25) is 4.57 Å². The van der Waals surface area contributed by atoms with Crippen molar-refractivity contribution in [1.82, 2.24) is 14.5 Å². The molecule has 6 aromatic carbocycles. The van der Waals surface area contributed by atoms with E-state index in [1.807, 2.05) is 18.2 Å². The predicted molar refractivity (Wildman–Crippen MR) is 171 cm³/mol. The van der Waals surface area contributed by atoms with Crippen LogP contribution in [0.4, 0.5) is 0 Å². The lowest BCUT2D eigenvalue weighted by atomic mass is 9.93. The molecule has 3 heterocycles. The van der Waals surface area contributed by atoms with E-state index < -0.39 is 0 Å². The van der Waals surface area contributed by atoms with Crippen LogP contribution < -0.4 is 0 Å². The zero-order valence-corrected chi connectivity index (χ0v) is 22.0. The van der Waals surface area contributed by atoms with Gasteiger partial charge < -0.3 is 0 Å². The zero-order chi connectivity index (χ0) is 26.7. The van der Waals surface area contributed by atoms with Crippen LogP contribution in [-0.4, -0.2) is 14.5 Å². The van der Waals surface area contributed by atoms with Gasteiger partial charge in [0.25, 0.3) is 0 Å². The summed E-state index contributed by atoms with van der Waals surface area (Å²) >= 11 is 0. The molecule has 9 aromatic rings. The number of hydrogen-bond acceptors (Lipinski definition) is 2. The van der Waals surface area contributed by atoms with Gasteiger partial charge in [0, 0.05) is 21.7 Å². The SMILES string of the molecule is c1ccc(-c2ccc3nc(-n4c5ccc6cccc7c6c5c5c6c(ccc8cccc-7c86)ccc54)ccc3n2)cc1. The number of pyridine rings is 2. The Balaban J connectivity index is 1.35. The first kappa shape index (κ1) is 21.3. The number of aromatic nitrogens is 3. The van der Waals surface area contributed by atoms with Crippen LogP contribution >= 0.6 is 0 Å². The number of hydrogen-bond donors (Lipinski definition) is 0. The van der Waals surface area contributed by atoms with Crippen molar-refractivity contribution in [3.05, 3.63) is 127 Å². The van der Waals surface area contributed by atoms with E-state index in [4.69, 9.17) is 9.97 Å². The van der Waals surface area contributed by atoms with Crippen LogP contribution in [0, 0.1) is 0 Å². The fraction of sp³-hybridized carbons (Fsp3) is 0. The van der Waals surface area contributed by atoms with Crippen LogP contribution in [0.5, 0.6) is 0 Å². The van der Waals surface area contributed by atoms with Gasteiger partial charge >= 0.3 is 0 Å². The molecular weight excluding hydrogens is 498 g/mol. The molecule has 0 saturated heterocycles. The van der Waals surface area contributed by atoms with Crippen molar-refractivity contribution in [2.75, 3.05) is 0 Å². The minimum absolute atomic E-state index is 0.888. The lowest BCUT2D eigenvalue weighted by Gasteiger charge is -2.13. The van der Waals surface area contributed by atoms with Gasteiger partial charge in [-0.1, -0.05) is 91.0 Å². The van der Waals surface area contributed by atoms with Crippen molar-refractivity contribution in [3.8, 4) is 28.2 Å². The second-order valence-electron chi connectivity index (χ2n) is 11.0. The van der Waals surface area contributed by atoms with E-state index in [2.05, 4.69) is 114 Å². The molecule has 1 aliphatic carbocycles. The quantitative estimate of drug-likeness (QED) is 0.213. The molecule has 41 heavy (non-hydrogen) atoms. The summed E-state index contributed by atoms with van der Waals surface area (Å²) in [4.78, 5) is 10.1. The number of nitrogens with zero attached hydrogens (tertiary/aromatic N) is 3. The summed E-state index contributed by atoms with van der Waals surface area (Å²) in [7, 11) is 0. The zero-order valence-electron chi connectivity index (χ0n) is 22.0. The molecule has 0 bridgehead atoms. The largest absolute Gasteiger partial charge is 0.294 e. The second kappa shape index (κ2) is 7.56. The van der Waals surface area contributed by atoms with E-state index in [0.717, 1.165) is 28.1 Å². The highest BCUT2D eigenvalue weighted by molar-refractivity contribution is 6.38. The van der Waals surface area contributed by atoms with E-state index in [9.17, 15) is 0 Å². The Morgan fingerprint density at radius 2 is 0.976 bits per heavy atom. The maximum absolute atomic E-state index is 5.19. The second-order valence-corrected chi connectivity index (χ2v) is 11.0. The Morgan fingerprint density at radius 1 is 0.390 bits per heavy atom. The molecule has 0 unspecified atom stereocenters. The van der Waals surface area contributed by atoms with Crippen molar-refractivity contribution in [1.29, 1.82) is 0 Å². The average molecular weight is 520 g/mol. The van der Waals surface area contributed by atoms with Gasteiger partial charge in [0.1, 0.15) is 5.82 Å². The van der Waals surface area contributed by atoms with Crippen LogP contribution in [-0.2, 0) is 0 Å². The summed E-state index contributed by atoms with van der Waals surface area (Å²) in [6, 6.07) is 45.7. The topological polar surface area (TPSA) is 30.7 Å². The highest BCUT2D eigenvalue weighted by Crippen LogP contribution is 2.49. The molecule has 0 radical (unpaired) electrons. The summed E-state index contributed by atoms with van der Waals surface area (Å²) < 4.78 is 2.34. The summed E-state index contributed by atoms with van der Waals surface area (Å²) in [5.41, 5.74) is 8.82. The van der Waals surface area contributed by atoms with Gasteiger partial charge in [-0.25, -0.2) is 9.97 Å². The highest BCUT2D eigenvalue weighted by atomic mass is 15.1. The Kier molecular flexibility index (Phi) is 3.93. The molecule has 3 aromatic heterocycles. The van der Waals surface area contributed by atoms with E-state index in [1.54, 1.807) is 0 Å². The van der Waals surface area contributed by atoms with Crippen LogP contribution in [0.25, 0.3) is 93.4 Å². The lowest BCUT2D eigenvalue weighted by Crippen LogP contribution is -1.99. The van der Waals surface area contributed by atoms with Gasteiger partial charge in [-0.2, -0.15) is 0 Å². The summed E-state index contributed by atoms with van der Waals surface area (Å²) in [6.45, 7) is 0. The fourth-order valence-corrected chi connectivity index (χ4v) is 7.15. The Morgan fingerprint density at radius 3 is 1.71 bits per heavy atom. The Hall–Kier alpha value is -5.54. The van der Waals surface area contributed by atoms with Crippen molar-refractivity contribution in [2.45, 2.75) is 0 Å². The van der Waals surface area contributed by atoms with Crippen LogP contribution in [0.3, 0.4) is 0 Å². The molecule has 0 atom stereocenters. The summed E-state index contributed by atoms with van der Waals surface area (Å²) in [5, 5.41) is 10.4. The number of benzene rings is 6. The molecule has 0 aliphatic heterocycles. The molecule has 3 nitrogen and oxygen atoms in total. The molecule has 10 rings (SSSR count). The van der Waals surface area contributed by atoms with E-state index in [0.29, 0.717) is 0 Å². The number of fused-ring (bicyclic) bond motifs is 2. The van der Waals surface area contributed by atoms with Crippen molar-refractivity contribution in [2.24, 2.45) is 0 Å². The average Bonchev–Trinajstić information content (AvgIpc) is 3.31. The first-order valence-corrected chi connectivity index (χ1v) is 14.0. The minimum Gasteiger partial charge on any atom is -0.294 e. The fourth-order valence-electron chi connectivity index (χ4n) is 7.15. The van der Waals surface area contributed by atoms with E-state index in [1.165, 1.54) is 65.3 Å².